The number of alkyl halides is 1. The van der Waals surface area contributed by atoms with E-state index < -0.39 is 6.17 Å². The first-order valence-electron chi connectivity index (χ1n) is 14.0. The fraction of sp³-hybridized carbons (Fsp3) is 0.667. The largest absolute Gasteiger partial charge is 0.494 e. The number of hydrogen-bond acceptors (Lipinski definition) is 4. The van der Waals surface area contributed by atoms with E-state index in [0.717, 1.165) is 55.6 Å². The predicted octanol–water partition coefficient (Wildman–Crippen LogP) is 9.13. The van der Waals surface area contributed by atoms with Gasteiger partial charge in [0.15, 0.2) is 11.6 Å². The van der Waals surface area contributed by atoms with E-state index in [-0.39, 0.29) is 0 Å². The molecule has 2 rings (SSSR count). The molecule has 1 heterocycles. The van der Waals surface area contributed by atoms with Crippen LogP contribution >= 0.6 is 0 Å². The molecule has 1 aromatic carbocycles. The monoisotopic (exact) mass is 486 g/mol. The third kappa shape index (κ3) is 13.5. The number of halogens is 1. The van der Waals surface area contributed by atoms with E-state index in [4.69, 9.17) is 9.47 Å². The molecule has 5 heteroatoms. The summed E-state index contributed by atoms with van der Waals surface area (Å²) >= 11 is 0. The Morgan fingerprint density at radius 1 is 0.629 bits per heavy atom. The van der Waals surface area contributed by atoms with Crippen LogP contribution in [0.4, 0.5) is 4.39 Å². The molecule has 4 nitrogen and oxygen atoms in total. The standard InChI is InChI=1S/C30H47FN2O2/c1-3-5-7-8-9-10-11-14-22-35-29-24-32-30(33-25-29)26-18-20-28(21-19-26)34-23-15-13-17-27(31)16-12-6-4-2/h18-21,24-25,27H,3-17,22-23H2,1-2H3/t27-/m0/s1. The van der Waals surface area contributed by atoms with E-state index in [2.05, 4.69) is 23.8 Å². The lowest BCUT2D eigenvalue weighted by Gasteiger charge is -2.09. The number of hydrogen-bond donors (Lipinski definition) is 0. The Balaban J connectivity index is 1.59. The van der Waals surface area contributed by atoms with Crippen LogP contribution in [0.25, 0.3) is 11.4 Å². The fourth-order valence-electron chi connectivity index (χ4n) is 4.08. The zero-order chi connectivity index (χ0) is 25.0. The maximum atomic E-state index is 13.8. The molecule has 1 atom stereocenters. The van der Waals surface area contributed by atoms with Crippen LogP contribution in [0.2, 0.25) is 0 Å². The minimum atomic E-state index is -0.664. The molecule has 0 fully saturated rings. The first kappa shape index (κ1) is 29.1. The fourth-order valence-corrected chi connectivity index (χ4v) is 4.08. The maximum Gasteiger partial charge on any atom is 0.159 e. The van der Waals surface area contributed by atoms with Gasteiger partial charge in [-0.15, -0.1) is 0 Å². The Bertz CT molecular complexity index is 752. The van der Waals surface area contributed by atoms with Crippen molar-refractivity contribution in [1.29, 1.82) is 0 Å². The summed E-state index contributed by atoms with van der Waals surface area (Å²) in [6, 6.07) is 7.82. The molecular weight excluding hydrogens is 439 g/mol. The van der Waals surface area contributed by atoms with Crippen LogP contribution in [0.15, 0.2) is 36.7 Å². The molecule has 0 saturated heterocycles. The van der Waals surface area contributed by atoms with Gasteiger partial charge < -0.3 is 9.47 Å². The van der Waals surface area contributed by atoms with Crippen LogP contribution in [-0.2, 0) is 0 Å². The molecule has 1 aromatic heterocycles. The van der Waals surface area contributed by atoms with Crippen LogP contribution in [0, 0.1) is 0 Å². The molecule has 0 aliphatic carbocycles. The van der Waals surface area contributed by atoms with Crippen LogP contribution < -0.4 is 9.47 Å². The highest BCUT2D eigenvalue weighted by atomic mass is 19.1. The summed E-state index contributed by atoms with van der Waals surface area (Å²) in [6.07, 6.45) is 19.5. The predicted molar refractivity (Wildman–Crippen MR) is 144 cm³/mol. The molecule has 0 saturated carbocycles. The second-order valence-corrected chi connectivity index (χ2v) is 9.53. The highest BCUT2D eigenvalue weighted by molar-refractivity contribution is 5.56. The Labute approximate surface area is 213 Å². The van der Waals surface area contributed by atoms with Crippen molar-refractivity contribution in [3.8, 4) is 22.9 Å². The van der Waals surface area contributed by atoms with Crippen LogP contribution in [-0.4, -0.2) is 29.4 Å². The van der Waals surface area contributed by atoms with E-state index in [1.54, 1.807) is 12.4 Å². The lowest BCUT2D eigenvalue weighted by molar-refractivity contribution is 0.261. The quantitative estimate of drug-likeness (QED) is 0.165. The zero-order valence-corrected chi connectivity index (χ0v) is 22.2. The minimum Gasteiger partial charge on any atom is -0.494 e. The third-order valence-corrected chi connectivity index (χ3v) is 6.31. The molecule has 196 valence electrons. The first-order chi connectivity index (χ1) is 17.2. The number of unbranched alkanes of at least 4 members (excludes halogenated alkanes) is 10. The highest BCUT2D eigenvalue weighted by Crippen LogP contribution is 2.21. The van der Waals surface area contributed by atoms with E-state index >= 15 is 0 Å². The third-order valence-electron chi connectivity index (χ3n) is 6.31. The smallest absolute Gasteiger partial charge is 0.159 e. The lowest BCUT2D eigenvalue weighted by Crippen LogP contribution is -2.03. The van der Waals surface area contributed by atoms with Crippen molar-refractivity contribution >= 4 is 0 Å². The molecule has 0 N–H and O–H groups in total. The second kappa shape index (κ2) is 19.1. The maximum absolute atomic E-state index is 13.8. The molecule has 0 radical (unpaired) electrons. The van der Waals surface area contributed by atoms with Crippen LogP contribution in [0.3, 0.4) is 0 Å². The summed E-state index contributed by atoms with van der Waals surface area (Å²) in [5, 5.41) is 0. The molecule has 0 amide bonds. The summed E-state index contributed by atoms with van der Waals surface area (Å²) in [6.45, 7) is 5.73. The van der Waals surface area contributed by atoms with Crippen molar-refractivity contribution in [2.24, 2.45) is 0 Å². The zero-order valence-electron chi connectivity index (χ0n) is 22.2. The van der Waals surface area contributed by atoms with Crippen molar-refractivity contribution in [1.82, 2.24) is 9.97 Å². The SMILES string of the molecule is CCCCCCCCCCOc1cnc(-c2ccc(OCCCC[C@@H](F)CCCCC)cc2)nc1. The normalized spacial score (nSPS) is 12.0. The Hall–Kier alpha value is -2.17. The number of rotatable bonds is 21. The van der Waals surface area contributed by atoms with Gasteiger partial charge in [-0.05, 0) is 56.4 Å². The van der Waals surface area contributed by atoms with Crippen LogP contribution in [0.5, 0.6) is 11.5 Å². The second-order valence-electron chi connectivity index (χ2n) is 9.53. The van der Waals surface area contributed by atoms with Crippen molar-refractivity contribution in [2.45, 2.75) is 116 Å². The molecule has 0 bridgehead atoms. The van der Waals surface area contributed by atoms with Gasteiger partial charge in [0.25, 0.3) is 0 Å². The molecule has 0 unspecified atom stereocenters. The van der Waals surface area contributed by atoms with E-state index in [0.29, 0.717) is 31.9 Å². The van der Waals surface area contributed by atoms with Gasteiger partial charge in [-0.3, -0.25) is 0 Å². The summed E-state index contributed by atoms with van der Waals surface area (Å²) in [5.74, 6) is 2.21. The van der Waals surface area contributed by atoms with Gasteiger partial charge in [0, 0.05) is 5.56 Å². The average Bonchev–Trinajstić information content (AvgIpc) is 2.88. The van der Waals surface area contributed by atoms with E-state index in [1.165, 1.54) is 44.9 Å². The van der Waals surface area contributed by atoms with Gasteiger partial charge >= 0.3 is 0 Å². The topological polar surface area (TPSA) is 44.2 Å². The van der Waals surface area contributed by atoms with Gasteiger partial charge in [-0.25, -0.2) is 14.4 Å². The Morgan fingerprint density at radius 2 is 1.11 bits per heavy atom. The summed E-state index contributed by atoms with van der Waals surface area (Å²) in [7, 11) is 0. The van der Waals surface area contributed by atoms with E-state index in [9.17, 15) is 4.39 Å². The lowest BCUT2D eigenvalue weighted by atomic mass is 10.1. The van der Waals surface area contributed by atoms with Crippen molar-refractivity contribution < 1.29 is 13.9 Å². The van der Waals surface area contributed by atoms with Crippen molar-refractivity contribution in [3.05, 3.63) is 36.7 Å². The summed E-state index contributed by atoms with van der Waals surface area (Å²) < 4.78 is 25.4. The van der Waals surface area contributed by atoms with Crippen LogP contribution in [0.1, 0.15) is 110 Å². The molecule has 0 spiro atoms. The molecular formula is C30H47FN2O2. The average molecular weight is 487 g/mol. The van der Waals surface area contributed by atoms with Gasteiger partial charge in [-0.1, -0.05) is 78.1 Å². The van der Waals surface area contributed by atoms with Crippen molar-refractivity contribution in [2.75, 3.05) is 13.2 Å². The summed E-state index contributed by atoms with van der Waals surface area (Å²) in [5.41, 5.74) is 0.944. The van der Waals surface area contributed by atoms with Gasteiger partial charge in [-0.2, -0.15) is 0 Å². The number of benzene rings is 1. The first-order valence-corrected chi connectivity index (χ1v) is 14.0. The molecule has 0 aliphatic heterocycles. The van der Waals surface area contributed by atoms with Gasteiger partial charge in [0.05, 0.1) is 25.6 Å². The van der Waals surface area contributed by atoms with Gasteiger partial charge in [0.2, 0.25) is 0 Å². The van der Waals surface area contributed by atoms with Crippen molar-refractivity contribution in [3.63, 3.8) is 0 Å². The van der Waals surface area contributed by atoms with E-state index in [1.807, 2.05) is 24.3 Å². The number of ether oxygens (including phenoxy) is 2. The minimum absolute atomic E-state index is 0.614. The summed E-state index contributed by atoms with van der Waals surface area (Å²) in [4.78, 5) is 8.91. The number of nitrogens with zero attached hydrogens (tertiary/aromatic N) is 2. The molecule has 35 heavy (non-hydrogen) atoms. The Kier molecular flexibility index (Phi) is 15.8. The molecule has 2 aromatic rings. The number of aromatic nitrogens is 2. The Morgan fingerprint density at radius 3 is 1.74 bits per heavy atom. The van der Waals surface area contributed by atoms with Gasteiger partial charge in [0.1, 0.15) is 11.9 Å². The molecule has 0 aliphatic rings. The highest BCUT2D eigenvalue weighted by Gasteiger charge is 2.06.